The Bertz CT molecular complexity index is 863. The van der Waals surface area contributed by atoms with Gasteiger partial charge in [0.05, 0.1) is 17.8 Å². The van der Waals surface area contributed by atoms with Crippen molar-refractivity contribution in [3.8, 4) is 11.4 Å². The second-order valence-corrected chi connectivity index (χ2v) is 7.58. The summed E-state index contributed by atoms with van der Waals surface area (Å²) in [4.78, 5) is 45.1. The second-order valence-electron chi connectivity index (χ2n) is 7.58. The first-order valence-corrected chi connectivity index (χ1v) is 9.47. The van der Waals surface area contributed by atoms with Crippen molar-refractivity contribution in [2.75, 3.05) is 19.6 Å². The third-order valence-electron chi connectivity index (χ3n) is 3.84. The van der Waals surface area contributed by atoms with Gasteiger partial charge in [-0.2, -0.15) is 0 Å². The number of carboxylic acid groups (broad SMARTS) is 1. The van der Waals surface area contributed by atoms with Crippen LogP contribution in [0.4, 0.5) is 4.79 Å². The summed E-state index contributed by atoms with van der Waals surface area (Å²) in [6, 6.07) is 9.02. The van der Waals surface area contributed by atoms with Crippen LogP contribution in [0.15, 0.2) is 42.7 Å². The SMILES string of the molecule is CC(C)(C)OC(=O)NCCN(CC(=O)O)C(=O)Cc1ccc(-c2ccccn2)nc1. The summed E-state index contributed by atoms with van der Waals surface area (Å²) in [5, 5.41) is 11.6. The number of amides is 2. The van der Waals surface area contributed by atoms with Crippen LogP contribution in [0.3, 0.4) is 0 Å². The molecule has 2 rings (SSSR count). The van der Waals surface area contributed by atoms with Gasteiger partial charge in [-0.1, -0.05) is 12.1 Å². The molecule has 0 spiro atoms. The predicted molar refractivity (Wildman–Crippen MR) is 110 cm³/mol. The summed E-state index contributed by atoms with van der Waals surface area (Å²) >= 11 is 0. The number of nitrogens with zero attached hydrogens (tertiary/aromatic N) is 3. The monoisotopic (exact) mass is 414 g/mol. The van der Waals surface area contributed by atoms with Gasteiger partial charge >= 0.3 is 12.1 Å². The molecule has 0 radical (unpaired) electrons. The molecule has 2 N–H and O–H groups in total. The Kier molecular flexibility index (Phi) is 7.85. The third kappa shape index (κ3) is 7.86. The molecule has 0 saturated heterocycles. The van der Waals surface area contributed by atoms with Gasteiger partial charge in [0.2, 0.25) is 5.91 Å². The second kappa shape index (κ2) is 10.3. The number of nitrogens with one attached hydrogen (secondary N) is 1. The van der Waals surface area contributed by atoms with Crippen molar-refractivity contribution >= 4 is 18.0 Å². The molecule has 0 aliphatic rings. The summed E-state index contributed by atoms with van der Waals surface area (Å²) < 4.78 is 5.12. The Balaban J connectivity index is 1.94. The quantitative estimate of drug-likeness (QED) is 0.678. The van der Waals surface area contributed by atoms with Gasteiger partial charge in [0.1, 0.15) is 12.1 Å². The predicted octanol–water partition coefficient (Wildman–Crippen LogP) is 2.12. The molecule has 0 bridgehead atoms. The maximum absolute atomic E-state index is 12.6. The molecule has 30 heavy (non-hydrogen) atoms. The lowest BCUT2D eigenvalue weighted by Crippen LogP contribution is -2.43. The summed E-state index contributed by atoms with van der Waals surface area (Å²) in [5.74, 6) is -1.51. The van der Waals surface area contributed by atoms with Crippen LogP contribution < -0.4 is 5.32 Å². The highest BCUT2D eigenvalue weighted by Crippen LogP contribution is 2.14. The Hall–Kier alpha value is -3.49. The van der Waals surface area contributed by atoms with E-state index in [1.807, 2.05) is 18.2 Å². The number of hydrogen-bond donors (Lipinski definition) is 2. The van der Waals surface area contributed by atoms with Crippen molar-refractivity contribution in [2.24, 2.45) is 0 Å². The number of carbonyl (C=O) groups is 3. The minimum absolute atomic E-state index is 0.00475. The molecule has 9 heteroatoms. The van der Waals surface area contributed by atoms with Crippen LogP contribution in [0.25, 0.3) is 11.4 Å². The van der Waals surface area contributed by atoms with Crippen molar-refractivity contribution in [1.82, 2.24) is 20.2 Å². The van der Waals surface area contributed by atoms with E-state index in [0.29, 0.717) is 11.3 Å². The molecule has 0 fully saturated rings. The van der Waals surface area contributed by atoms with E-state index < -0.39 is 24.2 Å². The maximum atomic E-state index is 12.6. The fourth-order valence-electron chi connectivity index (χ4n) is 2.54. The molecule has 0 saturated carbocycles. The normalized spacial score (nSPS) is 10.9. The fraction of sp³-hybridized carbons (Fsp3) is 0.381. The molecule has 0 aliphatic carbocycles. The Morgan fingerprint density at radius 1 is 1.10 bits per heavy atom. The molecule has 2 amide bonds. The summed E-state index contributed by atoms with van der Waals surface area (Å²) in [5.41, 5.74) is 1.40. The van der Waals surface area contributed by atoms with E-state index in [4.69, 9.17) is 9.84 Å². The highest BCUT2D eigenvalue weighted by Gasteiger charge is 2.19. The lowest BCUT2D eigenvalue weighted by Gasteiger charge is -2.23. The zero-order valence-corrected chi connectivity index (χ0v) is 17.3. The smallest absolute Gasteiger partial charge is 0.407 e. The van der Waals surface area contributed by atoms with Crippen molar-refractivity contribution in [2.45, 2.75) is 32.8 Å². The van der Waals surface area contributed by atoms with Crippen molar-refractivity contribution in [3.05, 3.63) is 48.3 Å². The Morgan fingerprint density at radius 3 is 2.40 bits per heavy atom. The number of rotatable bonds is 8. The van der Waals surface area contributed by atoms with Gasteiger partial charge in [0.15, 0.2) is 0 Å². The number of hydrogen-bond acceptors (Lipinski definition) is 6. The largest absolute Gasteiger partial charge is 0.480 e. The molecular weight excluding hydrogens is 388 g/mol. The van der Waals surface area contributed by atoms with Crippen molar-refractivity contribution in [3.63, 3.8) is 0 Å². The summed E-state index contributed by atoms with van der Waals surface area (Å²) in [6.07, 6.45) is 2.61. The van der Waals surface area contributed by atoms with Gasteiger partial charge in [0.25, 0.3) is 0 Å². The molecule has 0 unspecified atom stereocenters. The molecular formula is C21H26N4O5. The number of pyridine rings is 2. The Labute approximate surface area is 175 Å². The number of alkyl carbamates (subject to hydrolysis) is 1. The fourth-order valence-corrected chi connectivity index (χ4v) is 2.54. The van der Waals surface area contributed by atoms with E-state index in [1.165, 1.54) is 4.90 Å². The van der Waals surface area contributed by atoms with Crippen LogP contribution in [-0.4, -0.2) is 63.2 Å². The van der Waals surface area contributed by atoms with Crippen LogP contribution >= 0.6 is 0 Å². The van der Waals surface area contributed by atoms with Gasteiger partial charge in [-0.05, 0) is 44.5 Å². The number of carbonyl (C=O) groups excluding carboxylic acids is 2. The van der Waals surface area contributed by atoms with Crippen molar-refractivity contribution < 1.29 is 24.2 Å². The Morgan fingerprint density at radius 2 is 1.83 bits per heavy atom. The average Bonchev–Trinajstić information content (AvgIpc) is 2.67. The van der Waals surface area contributed by atoms with E-state index in [9.17, 15) is 14.4 Å². The van der Waals surface area contributed by atoms with E-state index in [-0.39, 0.29) is 25.4 Å². The van der Waals surface area contributed by atoms with Gasteiger partial charge in [-0.15, -0.1) is 0 Å². The minimum Gasteiger partial charge on any atom is -0.480 e. The molecule has 160 valence electrons. The van der Waals surface area contributed by atoms with Crippen LogP contribution in [0.1, 0.15) is 26.3 Å². The maximum Gasteiger partial charge on any atom is 0.407 e. The van der Waals surface area contributed by atoms with E-state index in [1.54, 1.807) is 45.3 Å². The standard InChI is InChI=1S/C21H26N4O5/c1-21(2,3)30-20(29)23-10-11-25(14-19(27)28)18(26)12-15-7-8-17(24-13-15)16-6-4-5-9-22-16/h4-9,13H,10-12,14H2,1-3H3,(H,23,29)(H,27,28). The van der Waals surface area contributed by atoms with E-state index in [0.717, 1.165) is 5.69 Å². The molecule has 0 aliphatic heterocycles. The van der Waals surface area contributed by atoms with Crippen LogP contribution in [0, 0.1) is 0 Å². The zero-order chi connectivity index (χ0) is 22.1. The molecule has 0 aromatic carbocycles. The van der Waals surface area contributed by atoms with E-state index >= 15 is 0 Å². The highest BCUT2D eigenvalue weighted by atomic mass is 16.6. The lowest BCUT2D eigenvalue weighted by molar-refractivity contribution is -0.144. The van der Waals surface area contributed by atoms with Crippen molar-refractivity contribution in [1.29, 1.82) is 0 Å². The lowest BCUT2D eigenvalue weighted by atomic mass is 10.1. The first-order chi connectivity index (χ1) is 14.1. The number of aliphatic carboxylic acids is 1. The topological polar surface area (TPSA) is 122 Å². The van der Waals surface area contributed by atoms with Gasteiger partial charge < -0.3 is 20.1 Å². The van der Waals surface area contributed by atoms with Crippen LogP contribution in [-0.2, 0) is 20.7 Å². The van der Waals surface area contributed by atoms with Gasteiger partial charge in [0, 0.05) is 25.5 Å². The van der Waals surface area contributed by atoms with Gasteiger partial charge in [-0.3, -0.25) is 19.6 Å². The van der Waals surface area contributed by atoms with E-state index in [2.05, 4.69) is 15.3 Å². The molecule has 9 nitrogen and oxygen atoms in total. The number of aromatic nitrogens is 2. The van der Waals surface area contributed by atoms with Gasteiger partial charge in [-0.25, -0.2) is 4.79 Å². The van der Waals surface area contributed by atoms with Crippen LogP contribution in [0.5, 0.6) is 0 Å². The minimum atomic E-state index is -1.13. The highest BCUT2D eigenvalue weighted by molar-refractivity contribution is 5.83. The van der Waals surface area contributed by atoms with Crippen LogP contribution in [0.2, 0.25) is 0 Å². The summed E-state index contributed by atoms with van der Waals surface area (Å²) in [7, 11) is 0. The zero-order valence-electron chi connectivity index (χ0n) is 17.3. The summed E-state index contributed by atoms with van der Waals surface area (Å²) in [6.45, 7) is 4.86. The first kappa shape index (κ1) is 22.8. The molecule has 2 heterocycles. The number of carboxylic acids is 1. The molecule has 0 atom stereocenters. The third-order valence-corrected chi connectivity index (χ3v) is 3.84. The first-order valence-electron chi connectivity index (χ1n) is 9.47. The average molecular weight is 414 g/mol. The molecule has 2 aromatic rings. The molecule has 2 aromatic heterocycles. The number of ether oxygens (including phenoxy) is 1.